The summed E-state index contributed by atoms with van der Waals surface area (Å²) in [6.45, 7) is 1.08. The fourth-order valence-corrected chi connectivity index (χ4v) is 3.28. The van der Waals surface area contributed by atoms with Crippen LogP contribution in [-0.2, 0) is 4.74 Å². The summed E-state index contributed by atoms with van der Waals surface area (Å²) in [4.78, 5) is 8.29. The van der Waals surface area contributed by atoms with Gasteiger partial charge in [-0.3, -0.25) is 15.5 Å². The first kappa shape index (κ1) is 15.2. The molecular formula is C15H17N5O4. The highest BCUT2D eigenvalue weighted by Gasteiger charge is 2.53. The Morgan fingerprint density at radius 2 is 2.25 bits per heavy atom. The standard InChI is InChI=1S/C15H17N5O4/c1-15(23)12(22)9(5-21)24-13(15)8-4-7-2-3-10(16)19-14-11(7)20(8)18-6-17-14/h2-4,6,9,12-13,21-23H,5H2,1H3,(H2,16,17,18,19)/t9-,12-,13?,15-/m1/s1. The van der Waals surface area contributed by atoms with Crippen molar-refractivity contribution in [3.63, 3.8) is 0 Å². The molecule has 24 heavy (non-hydrogen) atoms. The average molecular weight is 331 g/mol. The molecule has 5 N–H and O–H groups in total. The minimum atomic E-state index is -1.58. The number of aliphatic imine (C=N–C) groups is 1. The molecule has 0 spiro atoms. The third-order valence-corrected chi connectivity index (χ3v) is 4.53. The molecule has 0 radical (unpaired) electrons. The zero-order valence-corrected chi connectivity index (χ0v) is 12.8. The fraction of sp³-hybridized carbons (Fsp3) is 0.400. The van der Waals surface area contributed by atoms with Gasteiger partial charge in [0, 0.05) is 5.39 Å². The maximum atomic E-state index is 10.7. The lowest BCUT2D eigenvalue weighted by Crippen LogP contribution is -2.43. The predicted molar refractivity (Wildman–Crippen MR) is 84.4 cm³/mol. The van der Waals surface area contributed by atoms with E-state index < -0.39 is 30.5 Å². The normalized spacial score (nSPS) is 31.4. The summed E-state index contributed by atoms with van der Waals surface area (Å²) in [5, 5.41) is 38.7. The van der Waals surface area contributed by atoms with Crippen LogP contribution >= 0.6 is 0 Å². The van der Waals surface area contributed by atoms with E-state index in [1.165, 1.54) is 13.3 Å². The maximum absolute atomic E-state index is 10.7. The number of hydrogen-bond acceptors (Lipinski definition) is 8. The van der Waals surface area contributed by atoms with Gasteiger partial charge in [-0.2, -0.15) is 0 Å². The lowest BCUT2D eigenvalue weighted by molar-refractivity contribution is -0.0665. The summed E-state index contributed by atoms with van der Waals surface area (Å²) >= 11 is 0. The topological polar surface area (TPSA) is 136 Å². The van der Waals surface area contributed by atoms with Crippen molar-refractivity contribution >= 4 is 23.1 Å². The number of aromatic nitrogens is 2. The molecule has 4 rings (SSSR count). The first-order chi connectivity index (χ1) is 11.4. The van der Waals surface area contributed by atoms with Gasteiger partial charge in [0.25, 0.3) is 0 Å². The van der Waals surface area contributed by atoms with Gasteiger partial charge in [0.05, 0.1) is 12.3 Å². The number of aliphatic hydroxyl groups is 3. The molecule has 2 aliphatic rings. The quantitative estimate of drug-likeness (QED) is 0.492. The van der Waals surface area contributed by atoms with Crippen molar-refractivity contribution in [1.82, 2.24) is 9.66 Å². The van der Waals surface area contributed by atoms with Crippen LogP contribution in [0.1, 0.15) is 18.7 Å². The number of nitrogens with zero attached hydrogens (tertiary/aromatic N) is 3. The SMILES string of the molecule is C[C@]1(O)C(c2cc3ccc(=N)nc4c3n2NC=N4)O[C@H](CO)[C@H]1O. The van der Waals surface area contributed by atoms with Gasteiger partial charge in [-0.1, -0.05) is 0 Å². The van der Waals surface area contributed by atoms with Crippen LogP contribution in [0.2, 0.25) is 0 Å². The van der Waals surface area contributed by atoms with E-state index >= 15 is 0 Å². The molecular weight excluding hydrogens is 314 g/mol. The van der Waals surface area contributed by atoms with Crippen molar-refractivity contribution in [2.45, 2.75) is 30.8 Å². The number of rotatable bonds is 2. The number of aliphatic hydroxyl groups excluding tert-OH is 2. The third-order valence-electron chi connectivity index (χ3n) is 4.53. The Balaban J connectivity index is 1.93. The first-order valence-electron chi connectivity index (χ1n) is 7.50. The Kier molecular flexibility index (Phi) is 3.22. The van der Waals surface area contributed by atoms with Crippen LogP contribution in [0.15, 0.2) is 23.2 Å². The molecule has 126 valence electrons. The van der Waals surface area contributed by atoms with Gasteiger partial charge in [0.2, 0.25) is 0 Å². The molecule has 4 atom stereocenters. The monoisotopic (exact) mass is 331 g/mol. The number of hydrogen-bond donors (Lipinski definition) is 5. The fourth-order valence-electron chi connectivity index (χ4n) is 3.28. The molecule has 1 fully saturated rings. The Labute approximate surface area is 136 Å². The summed E-state index contributed by atoms with van der Waals surface area (Å²) in [7, 11) is 0. The molecule has 1 saturated heterocycles. The van der Waals surface area contributed by atoms with Crippen LogP contribution in [0.5, 0.6) is 0 Å². The maximum Gasteiger partial charge on any atom is 0.182 e. The molecule has 9 heteroatoms. The Hall–Kier alpha value is -2.33. The predicted octanol–water partition coefficient (Wildman–Crippen LogP) is -0.723. The molecule has 4 heterocycles. The Morgan fingerprint density at radius 1 is 1.46 bits per heavy atom. The molecule has 0 saturated carbocycles. The molecule has 0 aromatic carbocycles. The van der Waals surface area contributed by atoms with Crippen molar-refractivity contribution in [3.8, 4) is 0 Å². The summed E-state index contributed by atoms with van der Waals surface area (Å²) in [6.07, 6.45) is -1.52. The second-order valence-corrected chi connectivity index (χ2v) is 6.16. The highest BCUT2D eigenvalue weighted by atomic mass is 16.6. The molecule has 2 aliphatic heterocycles. The third kappa shape index (κ3) is 1.99. The van der Waals surface area contributed by atoms with Crippen LogP contribution in [0.3, 0.4) is 0 Å². The van der Waals surface area contributed by atoms with Crippen LogP contribution in [0, 0.1) is 5.41 Å². The summed E-state index contributed by atoms with van der Waals surface area (Å²) in [6, 6.07) is 5.08. The van der Waals surface area contributed by atoms with E-state index in [0.717, 1.165) is 5.39 Å². The van der Waals surface area contributed by atoms with Gasteiger partial charge >= 0.3 is 0 Å². The largest absolute Gasteiger partial charge is 0.394 e. The van der Waals surface area contributed by atoms with E-state index in [0.29, 0.717) is 17.0 Å². The second-order valence-electron chi connectivity index (χ2n) is 6.16. The van der Waals surface area contributed by atoms with Gasteiger partial charge in [0.1, 0.15) is 41.3 Å². The van der Waals surface area contributed by atoms with E-state index in [1.807, 2.05) is 0 Å². The molecule has 1 unspecified atom stereocenters. The summed E-state index contributed by atoms with van der Waals surface area (Å²) in [5.41, 5.74) is 2.69. The summed E-state index contributed by atoms with van der Waals surface area (Å²) in [5.74, 6) is 0.377. The smallest absolute Gasteiger partial charge is 0.182 e. The average Bonchev–Trinajstić information content (AvgIpc) is 2.95. The van der Waals surface area contributed by atoms with Crippen LogP contribution < -0.4 is 10.9 Å². The molecule has 2 aromatic rings. The van der Waals surface area contributed by atoms with Crippen molar-refractivity contribution in [1.29, 1.82) is 5.41 Å². The van der Waals surface area contributed by atoms with E-state index in [1.54, 1.807) is 22.9 Å². The number of nitrogens with one attached hydrogen (secondary N) is 2. The molecule has 0 aliphatic carbocycles. The van der Waals surface area contributed by atoms with E-state index in [9.17, 15) is 15.3 Å². The number of ether oxygens (including phenoxy) is 1. The Morgan fingerprint density at radius 3 is 2.96 bits per heavy atom. The molecule has 0 amide bonds. The lowest BCUT2D eigenvalue weighted by Gasteiger charge is -2.27. The zero-order valence-electron chi connectivity index (χ0n) is 12.8. The zero-order chi connectivity index (χ0) is 17.1. The van der Waals surface area contributed by atoms with Gasteiger partial charge in [-0.05, 0) is 25.1 Å². The minimum Gasteiger partial charge on any atom is -0.394 e. The van der Waals surface area contributed by atoms with E-state index in [2.05, 4.69) is 15.4 Å². The van der Waals surface area contributed by atoms with Crippen LogP contribution in [-0.4, -0.2) is 55.7 Å². The Bertz CT molecular complexity index is 907. The lowest BCUT2D eigenvalue weighted by atomic mass is 9.91. The second kappa shape index (κ2) is 5.08. The van der Waals surface area contributed by atoms with Gasteiger partial charge in [0.15, 0.2) is 5.82 Å². The van der Waals surface area contributed by atoms with Crippen molar-refractivity contribution in [2.75, 3.05) is 12.0 Å². The minimum absolute atomic E-state index is 0.0910. The molecule has 0 bridgehead atoms. The molecule has 2 aromatic heterocycles. The van der Waals surface area contributed by atoms with E-state index in [-0.39, 0.29) is 5.49 Å². The van der Waals surface area contributed by atoms with Crippen molar-refractivity contribution in [2.24, 2.45) is 4.99 Å². The molecule has 9 nitrogen and oxygen atoms in total. The highest BCUT2D eigenvalue weighted by molar-refractivity contribution is 5.93. The van der Waals surface area contributed by atoms with Gasteiger partial charge in [-0.15, -0.1) is 0 Å². The van der Waals surface area contributed by atoms with Gasteiger partial charge < -0.3 is 20.1 Å². The van der Waals surface area contributed by atoms with Gasteiger partial charge in [-0.25, -0.2) is 9.98 Å². The van der Waals surface area contributed by atoms with Crippen molar-refractivity contribution < 1.29 is 20.1 Å². The van der Waals surface area contributed by atoms with Crippen LogP contribution in [0.25, 0.3) is 10.9 Å². The highest BCUT2D eigenvalue weighted by Crippen LogP contribution is 2.43. The van der Waals surface area contributed by atoms with Crippen molar-refractivity contribution in [3.05, 3.63) is 29.4 Å². The van der Waals surface area contributed by atoms with E-state index in [4.69, 9.17) is 10.1 Å². The summed E-state index contributed by atoms with van der Waals surface area (Å²) < 4.78 is 7.36. The first-order valence-corrected chi connectivity index (χ1v) is 7.50. The van der Waals surface area contributed by atoms with Crippen LogP contribution in [0.4, 0.5) is 5.82 Å².